The number of hydrogen-bond donors (Lipinski definition) is 1. The summed E-state index contributed by atoms with van der Waals surface area (Å²) in [6, 6.07) is 8.11. The van der Waals surface area contributed by atoms with Crippen LogP contribution in [0.5, 0.6) is 0 Å². The van der Waals surface area contributed by atoms with Crippen LogP contribution in [0.4, 0.5) is 0 Å². The molecule has 1 atom stereocenters. The van der Waals surface area contributed by atoms with Gasteiger partial charge in [-0.1, -0.05) is 24.1 Å². The first-order valence-electron chi connectivity index (χ1n) is 4.77. The molecule has 15 heavy (non-hydrogen) atoms. The minimum Gasteiger partial charge on any atom is -0.344 e. The summed E-state index contributed by atoms with van der Waals surface area (Å²) in [5, 5.41) is 2.70. The van der Waals surface area contributed by atoms with Gasteiger partial charge < -0.3 is 5.32 Å². The molecular weight excluding hydrogens is 206 g/mol. The zero-order valence-electron chi connectivity index (χ0n) is 8.19. The van der Waals surface area contributed by atoms with E-state index in [1.807, 2.05) is 12.1 Å². The monoisotopic (exact) mass is 217 g/mol. The van der Waals surface area contributed by atoms with E-state index in [4.69, 9.17) is 6.42 Å². The maximum Gasteiger partial charge on any atom is 0.234 e. The Balaban J connectivity index is 2.01. The van der Waals surface area contributed by atoms with E-state index in [1.165, 1.54) is 10.5 Å². The van der Waals surface area contributed by atoms with Crippen LogP contribution < -0.4 is 5.32 Å². The highest BCUT2D eigenvalue weighted by atomic mass is 32.2. The van der Waals surface area contributed by atoms with Crippen molar-refractivity contribution in [2.75, 3.05) is 6.54 Å². The Bertz CT molecular complexity index is 397. The molecule has 1 aliphatic heterocycles. The fourth-order valence-electron chi connectivity index (χ4n) is 1.58. The summed E-state index contributed by atoms with van der Waals surface area (Å²) in [4.78, 5) is 12.9. The Morgan fingerprint density at radius 2 is 2.40 bits per heavy atom. The van der Waals surface area contributed by atoms with Crippen LogP contribution in [0.1, 0.15) is 5.56 Å². The number of rotatable bonds is 2. The summed E-state index contributed by atoms with van der Waals surface area (Å²) in [6.45, 7) is 0.312. The van der Waals surface area contributed by atoms with Crippen LogP contribution in [-0.2, 0) is 11.2 Å². The topological polar surface area (TPSA) is 29.1 Å². The minimum atomic E-state index is -0.0178. The number of terminal acetylenes is 1. The number of carbonyl (C=O) groups excluding carboxylic acids is 1. The summed E-state index contributed by atoms with van der Waals surface area (Å²) < 4.78 is 0. The molecule has 0 bridgehead atoms. The van der Waals surface area contributed by atoms with Gasteiger partial charge >= 0.3 is 0 Å². The van der Waals surface area contributed by atoms with E-state index in [9.17, 15) is 4.79 Å². The third kappa shape index (κ3) is 2.16. The summed E-state index contributed by atoms with van der Waals surface area (Å²) in [7, 11) is 0. The summed E-state index contributed by atoms with van der Waals surface area (Å²) in [6.07, 6.45) is 5.89. The van der Waals surface area contributed by atoms with E-state index < -0.39 is 0 Å². The van der Waals surface area contributed by atoms with Gasteiger partial charge in [-0.3, -0.25) is 4.79 Å². The van der Waals surface area contributed by atoms with Crippen LogP contribution in [-0.4, -0.2) is 17.7 Å². The minimum absolute atomic E-state index is 0.0178. The number of fused-ring (bicyclic) bond motifs is 1. The molecule has 0 fully saturated rings. The predicted molar refractivity (Wildman–Crippen MR) is 61.6 cm³/mol. The van der Waals surface area contributed by atoms with E-state index in [0.29, 0.717) is 6.54 Å². The van der Waals surface area contributed by atoms with Gasteiger partial charge in [0.1, 0.15) is 0 Å². The van der Waals surface area contributed by atoms with Crippen molar-refractivity contribution in [2.45, 2.75) is 16.6 Å². The third-order valence-electron chi connectivity index (χ3n) is 2.30. The van der Waals surface area contributed by atoms with Crippen LogP contribution in [0.3, 0.4) is 0 Å². The normalized spacial score (nSPS) is 17.9. The summed E-state index contributed by atoms with van der Waals surface area (Å²) in [5.74, 6) is 2.44. The van der Waals surface area contributed by atoms with Crippen LogP contribution >= 0.6 is 11.8 Å². The van der Waals surface area contributed by atoms with Crippen LogP contribution in [0, 0.1) is 12.3 Å². The molecule has 1 aromatic rings. The second kappa shape index (κ2) is 4.41. The number of thioether (sulfide) groups is 1. The molecule has 0 aliphatic carbocycles. The maximum atomic E-state index is 11.6. The Kier molecular flexibility index (Phi) is 2.98. The van der Waals surface area contributed by atoms with E-state index in [0.717, 1.165) is 6.42 Å². The Labute approximate surface area is 93.4 Å². The van der Waals surface area contributed by atoms with E-state index in [1.54, 1.807) is 11.8 Å². The summed E-state index contributed by atoms with van der Waals surface area (Å²) >= 11 is 1.61. The van der Waals surface area contributed by atoms with Crippen molar-refractivity contribution in [3.05, 3.63) is 29.8 Å². The largest absolute Gasteiger partial charge is 0.344 e. The van der Waals surface area contributed by atoms with Crippen molar-refractivity contribution in [1.29, 1.82) is 0 Å². The molecule has 1 aliphatic rings. The van der Waals surface area contributed by atoms with Crippen molar-refractivity contribution in [3.8, 4) is 12.3 Å². The van der Waals surface area contributed by atoms with Gasteiger partial charge in [-0.2, -0.15) is 0 Å². The van der Waals surface area contributed by atoms with Gasteiger partial charge in [0.05, 0.1) is 11.8 Å². The average molecular weight is 217 g/mol. The van der Waals surface area contributed by atoms with Crippen LogP contribution in [0.15, 0.2) is 29.2 Å². The maximum absolute atomic E-state index is 11.6. The quantitative estimate of drug-likeness (QED) is 0.760. The fraction of sp³-hybridized carbons (Fsp3) is 0.250. The van der Waals surface area contributed by atoms with Gasteiger partial charge in [-0.25, -0.2) is 0 Å². The van der Waals surface area contributed by atoms with Crippen LogP contribution in [0.2, 0.25) is 0 Å². The zero-order valence-corrected chi connectivity index (χ0v) is 9.01. The Hall–Kier alpha value is -1.40. The molecule has 1 N–H and O–H groups in total. The molecular formula is C12H11NOS. The third-order valence-corrected chi connectivity index (χ3v) is 3.62. The zero-order chi connectivity index (χ0) is 10.7. The molecule has 1 aromatic carbocycles. The van der Waals surface area contributed by atoms with Crippen molar-refractivity contribution in [2.24, 2.45) is 0 Å². The highest BCUT2D eigenvalue weighted by Gasteiger charge is 2.27. The summed E-state index contributed by atoms with van der Waals surface area (Å²) in [5.41, 5.74) is 1.25. The standard InChI is InChI=1S/C12H11NOS/c1-2-7-13-12(14)11-8-9-5-3-4-6-10(9)15-11/h1,3-6,11H,7-8H2,(H,13,14). The average Bonchev–Trinajstić information content (AvgIpc) is 2.69. The highest BCUT2D eigenvalue weighted by Crippen LogP contribution is 2.36. The number of benzene rings is 1. The molecule has 2 nitrogen and oxygen atoms in total. The first-order chi connectivity index (χ1) is 7.31. The van der Waals surface area contributed by atoms with Gasteiger partial charge in [-0.15, -0.1) is 18.2 Å². The van der Waals surface area contributed by atoms with Crippen molar-refractivity contribution in [3.63, 3.8) is 0 Å². The SMILES string of the molecule is C#CCNC(=O)C1Cc2ccccc2S1. The predicted octanol–water partition coefficient (Wildman–Crippen LogP) is 1.45. The van der Waals surface area contributed by atoms with E-state index >= 15 is 0 Å². The number of carbonyl (C=O) groups is 1. The molecule has 1 amide bonds. The Morgan fingerprint density at radius 3 is 3.13 bits per heavy atom. The van der Waals surface area contributed by atoms with Gasteiger partial charge in [0.2, 0.25) is 5.91 Å². The molecule has 2 rings (SSSR count). The Morgan fingerprint density at radius 1 is 1.60 bits per heavy atom. The van der Waals surface area contributed by atoms with E-state index in [-0.39, 0.29) is 11.2 Å². The number of hydrogen-bond acceptors (Lipinski definition) is 2. The number of amides is 1. The van der Waals surface area contributed by atoms with Gasteiger partial charge in [0, 0.05) is 4.90 Å². The lowest BCUT2D eigenvalue weighted by molar-refractivity contribution is -0.120. The van der Waals surface area contributed by atoms with Crippen LogP contribution in [0.25, 0.3) is 0 Å². The first kappa shape index (κ1) is 10.1. The molecule has 0 spiro atoms. The molecule has 1 unspecified atom stereocenters. The fourth-order valence-corrected chi connectivity index (χ4v) is 2.80. The first-order valence-corrected chi connectivity index (χ1v) is 5.65. The lowest BCUT2D eigenvalue weighted by Crippen LogP contribution is -2.32. The lowest BCUT2D eigenvalue weighted by atomic mass is 10.1. The van der Waals surface area contributed by atoms with Gasteiger partial charge in [0.25, 0.3) is 0 Å². The smallest absolute Gasteiger partial charge is 0.234 e. The molecule has 0 saturated heterocycles. The molecule has 1 heterocycles. The second-order valence-electron chi connectivity index (χ2n) is 3.34. The molecule has 0 aromatic heterocycles. The molecule has 0 saturated carbocycles. The van der Waals surface area contributed by atoms with Gasteiger partial charge in [0.15, 0.2) is 0 Å². The van der Waals surface area contributed by atoms with Crippen molar-refractivity contribution in [1.82, 2.24) is 5.32 Å². The lowest BCUT2D eigenvalue weighted by Gasteiger charge is -2.06. The molecule has 76 valence electrons. The number of nitrogens with one attached hydrogen (secondary N) is 1. The highest BCUT2D eigenvalue weighted by molar-refractivity contribution is 8.01. The second-order valence-corrected chi connectivity index (χ2v) is 4.58. The van der Waals surface area contributed by atoms with E-state index in [2.05, 4.69) is 23.4 Å². The molecule has 3 heteroatoms. The van der Waals surface area contributed by atoms with Crippen molar-refractivity contribution >= 4 is 17.7 Å². The van der Waals surface area contributed by atoms with Crippen molar-refractivity contribution < 1.29 is 4.79 Å². The molecule has 0 radical (unpaired) electrons. The van der Waals surface area contributed by atoms with Gasteiger partial charge in [-0.05, 0) is 18.1 Å².